The molecule has 0 radical (unpaired) electrons. The second-order valence-corrected chi connectivity index (χ2v) is 5.25. The number of piperazine rings is 1. The second kappa shape index (κ2) is 5.40. The molecule has 2 unspecified atom stereocenters. The normalized spacial score (nSPS) is 23.4. The van der Waals surface area contributed by atoms with Crippen molar-refractivity contribution in [3.63, 3.8) is 0 Å². The Morgan fingerprint density at radius 3 is 2.94 bits per heavy atom. The van der Waals surface area contributed by atoms with Gasteiger partial charge in [-0.2, -0.15) is 5.26 Å². The molecule has 0 aromatic heterocycles. The van der Waals surface area contributed by atoms with Gasteiger partial charge in [-0.05, 0) is 35.0 Å². The monoisotopic (exact) mass is 307 g/mol. The minimum atomic E-state index is -0.412. The first-order chi connectivity index (χ1) is 8.63. The van der Waals surface area contributed by atoms with Gasteiger partial charge in [0.05, 0.1) is 18.2 Å². The number of nitrogens with one attached hydrogen (secondary N) is 1. The Labute approximate surface area is 115 Å². The first-order valence-corrected chi connectivity index (χ1v) is 6.61. The zero-order valence-electron chi connectivity index (χ0n) is 10.1. The molecule has 18 heavy (non-hydrogen) atoms. The molecule has 94 valence electrons. The Hall–Kier alpha value is -1.54. The minimum Gasteiger partial charge on any atom is -0.356 e. The molecule has 1 fully saturated rings. The lowest BCUT2D eigenvalue weighted by Crippen LogP contribution is -2.59. The summed E-state index contributed by atoms with van der Waals surface area (Å²) in [6.45, 7) is 2.67. The molecule has 1 aromatic carbocycles. The van der Waals surface area contributed by atoms with Gasteiger partial charge in [0.1, 0.15) is 6.04 Å². The summed E-state index contributed by atoms with van der Waals surface area (Å²) < 4.78 is 0.940. The van der Waals surface area contributed by atoms with E-state index in [4.69, 9.17) is 5.26 Å². The highest BCUT2D eigenvalue weighted by atomic mass is 79.9. The van der Waals surface area contributed by atoms with E-state index < -0.39 is 6.04 Å². The fourth-order valence-electron chi connectivity index (χ4n) is 2.19. The van der Waals surface area contributed by atoms with Gasteiger partial charge in [0.25, 0.3) is 0 Å². The molecule has 5 heteroatoms. The highest BCUT2D eigenvalue weighted by Gasteiger charge is 2.33. The van der Waals surface area contributed by atoms with Gasteiger partial charge in [-0.3, -0.25) is 4.79 Å². The molecule has 1 saturated heterocycles. The topological polar surface area (TPSA) is 56.1 Å². The number of nitrogens with zero attached hydrogens (tertiary/aromatic N) is 2. The van der Waals surface area contributed by atoms with Crippen molar-refractivity contribution in [2.75, 3.05) is 11.4 Å². The number of anilines is 1. The Kier molecular flexibility index (Phi) is 3.87. The van der Waals surface area contributed by atoms with E-state index in [-0.39, 0.29) is 18.4 Å². The summed E-state index contributed by atoms with van der Waals surface area (Å²) in [5.41, 5.74) is 0.958. The number of carbonyl (C=O) groups excluding carboxylic acids is 1. The molecule has 1 amide bonds. The maximum absolute atomic E-state index is 12.0. The first-order valence-electron chi connectivity index (χ1n) is 5.82. The van der Waals surface area contributed by atoms with Crippen molar-refractivity contribution in [1.82, 2.24) is 5.32 Å². The number of benzene rings is 1. The van der Waals surface area contributed by atoms with Crippen LogP contribution in [-0.2, 0) is 4.79 Å². The van der Waals surface area contributed by atoms with Crippen molar-refractivity contribution < 1.29 is 4.79 Å². The van der Waals surface area contributed by atoms with Crippen LogP contribution in [0.1, 0.15) is 13.3 Å². The molecule has 1 N–H and O–H groups in total. The summed E-state index contributed by atoms with van der Waals surface area (Å²) in [5, 5.41) is 11.8. The number of hydrogen-bond acceptors (Lipinski definition) is 3. The third-order valence-electron chi connectivity index (χ3n) is 2.98. The predicted octanol–water partition coefficient (Wildman–Crippen LogP) is 2.06. The van der Waals surface area contributed by atoms with E-state index in [1.165, 1.54) is 0 Å². The Bertz CT molecular complexity index is 497. The lowest BCUT2D eigenvalue weighted by Gasteiger charge is -2.39. The van der Waals surface area contributed by atoms with Gasteiger partial charge in [0.2, 0.25) is 5.91 Å². The van der Waals surface area contributed by atoms with E-state index in [9.17, 15) is 4.79 Å². The molecule has 2 rings (SSSR count). The average molecular weight is 308 g/mol. The molecule has 4 nitrogen and oxygen atoms in total. The summed E-state index contributed by atoms with van der Waals surface area (Å²) >= 11 is 3.49. The molecule has 1 aliphatic rings. The number of hydrogen-bond donors (Lipinski definition) is 1. The maximum atomic E-state index is 12.0. The molecule has 1 aliphatic heterocycles. The first kappa shape index (κ1) is 12.9. The van der Waals surface area contributed by atoms with Crippen molar-refractivity contribution in [3.05, 3.63) is 28.7 Å². The number of carbonyl (C=O) groups is 1. The van der Waals surface area contributed by atoms with Crippen LogP contribution >= 0.6 is 15.9 Å². The summed E-state index contributed by atoms with van der Waals surface area (Å²) in [5.74, 6) is -0.0777. The summed E-state index contributed by atoms with van der Waals surface area (Å²) in [4.78, 5) is 14.0. The summed E-state index contributed by atoms with van der Waals surface area (Å²) in [6.07, 6.45) is 0.194. The van der Waals surface area contributed by atoms with Crippen molar-refractivity contribution in [2.45, 2.75) is 25.4 Å². The largest absolute Gasteiger partial charge is 0.356 e. The van der Waals surface area contributed by atoms with Gasteiger partial charge in [0.15, 0.2) is 0 Å². The number of rotatable bonds is 2. The highest BCUT2D eigenvalue weighted by molar-refractivity contribution is 9.10. The molecule has 0 bridgehead atoms. The summed E-state index contributed by atoms with van der Waals surface area (Å²) in [7, 11) is 0. The van der Waals surface area contributed by atoms with Crippen LogP contribution in [-0.4, -0.2) is 24.5 Å². The highest BCUT2D eigenvalue weighted by Crippen LogP contribution is 2.29. The maximum Gasteiger partial charge on any atom is 0.244 e. The smallest absolute Gasteiger partial charge is 0.244 e. The van der Waals surface area contributed by atoms with Crippen LogP contribution in [0.25, 0.3) is 0 Å². The van der Waals surface area contributed by atoms with E-state index in [1.54, 1.807) is 0 Å². The molecule has 0 spiro atoms. The molecule has 0 saturated carbocycles. The zero-order valence-corrected chi connectivity index (χ0v) is 11.6. The van der Waals surface area contributed by atoms with E-state index in [2.05, 4.69) is 27.3 Å². The van der Waals surface area contributed by atoms with Gasteiger partial charge in [-0.1, -0.05) is 12.1 Å². The van der Waals surface area contributed by atoms with Crippen molar-refractivity contribution in [2.24, 2.45) is 0 Å². The second-order valence-electron chi connectivity index (χ2n) is 4.39. The summed E-state index contributed by atoms with van der Waals surface area (Å²) in [6, 6.07) is 9.52. The Morgan fingerprint density at radius 2 is 2.28 bits per heavy atom. The van der Waals surface area contributed by atoms with Crippen LogP contribution in [0, 0.1) is 11.3 Å². The van der Waals surface area contributed by atoms with Gasteiger partial charge < -0.3 is 10.2 Å². The number of amides is 1. The molecular formula is C13H14BrN3O. The Morgan fingerprint density at radius 1 is 1.56 bits per heavy atom. The fraction of sp³-hybridized carbons (Fsp3) is 0.385. The van der Waals surface area contributed by atoms with Gasteiger partial charge >= 0.3 is 0 Å². The zero-order chi connectivity index (χ0) is 13.1. The molecule has 1 heterocycles. The van der Waals surface area contributed by atoms with Crippen LogP contribution in [0.4, 0.5) is 5.69 Å². The SMILES string of the molecule is CC1CN(c2ccccc2Br)C(CC#N)C(=O)N1. The lowest BCUT2D eigenvalue weighted by molar-refractivity contribution is -0.124. The molecule has 2 atom stereocenters. The third kappa shape index (κ3) is 2.49. The predicted molar refractivity (Wildman–Crippen MR) is 73.1 cm³/mol. The lowest BCUT2D eigenvalue weighted by atomic mass is 10.1. The van der Waals surface area contributed by atoms with E-state index in [0.29, 0.717) is 6.54 Å². The van der Waals surface area contributed by atoms with E-state index >= 15 is 0 Å². The van der Waals surface area contributed by atoms with Crippen LogP contribution in [0.3, 0.4) is 0 Å². The number of para-hydroxylation sites is 1. The van der Waals surface area contributed by atoms with Crippen molar-refractivity contribution in [3.8, 4) is 6.07 Å². The van der Waals surface area contributed by atoms with Crippen LogP contribution < -0.4 is 10.2 Å². The van der Waals surface area contributed by atoms with Crippen LogP contribution in [0.5, 0.6) is 0 Å². The standard InChI is InChI=1S/C13H14BrN3O/c1-9-8-17(11-5-3-2-4-10(11)14)12(6-7-15)13(18)16-9/h2-5,9,12H,6,8H2,1H3,(H,16,18). The quantitative estimate of drug-likeness (QED) is 0.910. The molecule has 0 aliphatic carbocycles. The number of nitriles is 1. The molecule has 1 aromatic rings. The third-order valence-corrected chi connectivity index (χ3v) is 3.66. The fourth-order valence-corrected chi connectivity index (χ4v) is 2.70. The Balaban J connectivity index is 2.36. The average Bonchev–Trinajstić information content (AvgIpc) is 2.33. The van der Waals surface area contributed by atoms with Gasteiger partial charge in [0, 0.05) is 17.1 Å². The molecular weight excluding hydrogens is 294 g/mol. The minimum absolute atomic E-state index is 0.0777. The number of halogens is 1. The van der Waals surface area contributed by atoms with Crippen LogP contribution in [0.2, 0.25) is 0 Å². The van der Waals surface area contributed by atoms with E-state index in [1.807, 2.05) is 36.1 Å². The van der Waals surface area contributed by atoms with Crippen molar-refractivity contribution >= 4 is 27.5 Å². The van der Waals surface area contributed by atoms with Gasteiger partial charge in [-0.15, -0.1) is 0 Å². The van der Waals surface area contributed by atoms with Crippen LogP contribution in [0.15, 0.2) is 28.7 Å². The van der Waals surface area contributed by atoms with Gasteiger partial charge in [-0.25, -0.2) is 0 Å². The van der Waals surface area contributed by atoms with E-state index in [0.717, 1.165) is 10.2 Å². The van der Waals surface area contributed by atoms with Crippen molar-refractivity contribution in [1.29, 1.82) is 5.26 Å².